The predicted molar refractivity (Wildman–Crippen MR) is 77.8 cm³/mol. The molecule has 0 aliphatic heterocycles. The first-order valence-electron chi connectivity index (χ1n) is 6.63. The van der Waals surface area contributed by atoms with Gasteiger partial charge in [0.1, 0.15) is 11.6 Å². The van der Waals surface area contributed by atoms with Crippen LogP contribution in [0.15, 0.2) is 48.5 Å². The average Bonchev–Trinajstić information content (AvgIpc) is 2.43. The Balaban J connectivity index is 2.01. The first-order valence-corrected chi connectivity index (χ1v) is 6.63. The van der Waals surface area contributed by atoms with Gasteiger partial charge in [0.05, 0.1) is 0 Å². The summed E-state index contributed by atoms with van der Waals surface area (Å²) < 4.78 is 13.2. The van der Waals surface area contributed by atoms with Crippen molar-refractivity contribution in [3.05, 3.63) is 71.0 Å². The molecule has 2 rings (SSSR count). The zero-order valence-corrected chi connectivity index (χ0v) is 11.5. The maximum atomic E-state index is 13.2. The van der Waals surface area contributed by atoms with Gasteiger partial charge >= 0.3 is 0 Å². The van der Waals surface area contributed by atoms with Crippen LogP contribution in [0.1, 0.15) is 29.2 Å². The van der Waals surface area contributed by atoms with E-state index in [1.165, 1.54) is 12.1 Å². The first kappa shape index (κ1) is 14.4. The number of carbonyl (C=O) groups is 1. The topological polar surface area (TPSA) is 43.1 Å². The van der Waals surface area contributed by atoms with E-state index in [1.54, 1.807) is 6.07 Å². The summed E-state index contributed by atoms with van der Waals surface area (Å²) in [5, 5.41) is 0. The van der Waals surface area contributed by atoms with Gasteiger partial charge in [-0.25, -0.2) is 4.39 Å². The minimum atomic E-state index is -0.314. The van der Waals surface area contributed by atoms with Gasteiger partial charge in [-0.2, -0.15) is 0 Å². The number of rotatable bonds is 5. The van der Waals surface area contributed by atoms with Gasteiger partial charge in [-0.05, 0) is 35.7 Å². The van der Waals surface area contributed by atoms with E-state index in [9.17, 15) is 9.18 Å². The summed E-state index contributed by atoms with van der Waals surface area (Å²) >= 11 is 0. The standard InChI is InChI=1S/C17H18FNO/c1-12-7-8-15(18)9-14(12)10-16(20)11-17(19)13-5-3-2-4-6-13/h2-9,17H,10-11,19H2,1H3. The molecule has 0 aliphatic carbocycles. The highest BCUT2D eigenvalue weighted by Gasteiger charge is 2.13. The highest BCUT2D eigenvalue weighted by molar-refractivity contribution is 5.81. The lowest BCUT2D eigenvalue weighted by atomic mass is 9.97. The Morgan fingerprint density at radius 1 is 1.20 bits per heavy atom. The molecule has 0 saturated heterocycles. The third kappa shape index (κ3) is 3.75. The van der Waals surface area contributed by atoms with Crippen molar-refractivity contribution < 1.29 is 9.18 Å². The second-order valence-corrected chi connectivity index (χ2v) is 5.01. The Morgan fingerprint density at radius 2 is 1.90 bits per heavy atom. The Bertz CT molecular complexity index is 595. The second kappa shape index (κ2) is 6.44. The van der Waals surface area contributed by atoms with Gasteiger partial charge in [0.25, 0.3) is 0 Å². The van der Waals surface area contributed by atoms with Gasteiger partial charge in [-0.3, -0.25) is 4.79 Å². The zero-order valence-electron chi connectivity index (χ0n) is 11.5. The third-order valence-electron chi connectivity index (χ3n) is 3.37. The third-order valence-corrected chi connectivity index (χ3v) is 3.37. The average molecular weight is 271 g/mol. The summed E-state index contributed by atoms with van der Waals surface area (Å²) in [6.45, 7) is 1.87. The van der Waals surface area contributed by atoms with Crippen LogP contribution in [-0.2, 0) is 11.2 Å². The van der Waals surface area contributed by atoms with Crippen molar-refractivity contribution in [1.29, 1.82) is 0 Å². The molecule has 0 fully saturated rings. The van der Waals surface area contributed by atoms with Crippen molar-refractivity contribution in [2.45, 2.75) is 25.8 Å². The van der Waals surface area contributed by atoms with Crippen LogP contribution in [-0.4, -0.2) is 5.78 Å². The number of halogens is 1. The molecule has 0 radical (unpaired) electrons. The molecule has 0 heterocycles. The zero-order chi connectivity index (χ0) is 14.5. The van der Waals surface area contributed by atoms with E-state index in [0.717, 1.165) is 16.7 Å². The Hall–Kier alpha value is -2.00. The fourth-order valence-electron chi connectivity index (χ4n) is 2.18. The maximum absolute atomic E-state index is 13.2. The van der Waals surface area contributed by atoms with Gasteiger partial charge in [-0.15, -0.1) is 0 Å². The smallest absolute Gasteiger partial charge is 0.139 e. The van der Waals surface area contributed by atoms with E-state index in [2.05, 4.69) is 0 Å². The molecule has 20 heavy (non-hydrogen) atoms. The summed E-state index contributed by atoms with van der Waals surface area (Å²) in [5.41, 5.74) is 8.62. The number of hydrogen-bond acceptors (Lipinski definition) is 2. The Morgan fingerprint density at radius 3 is 2.60 bits per heavy atom. The molecule has 3 heteroatoms. The summed E-state index contributed by atoms with van der Waals surface area (Å²) in [5.74, 6) is -0.291. The molecule has 2 aromatic rings. The van der Waals surface area contributed by atoms with Crippen LogP contribution in [0.2, 0.25) is 0 Å². The van der Waals surface area contributed by atoms with Crippen molar-refractivity contribution in [2.75, 3.05) is 0 Å². The Kier molecular flexibility index (Phi) is 4.64. The van der Waals surface area contributed by atoms with E-state index < -0.39 is 0 Å². The van der Waals surface area contributed by atoms with Crippen LogP contribution in [0, 0.1) is 12.7 Å². The number of aryl methyl sites for hydroxylation is 1. The van der Waals surface area contributed by atoms with Crippen LogP contribution in [0.3, 0.4) is 0 Å². The van der Waals surface area contributed by atoms with Gasteiger partial charge in [-0.1, -0.05) is 36.4 Å². The van der Waals surface area contributed by atoms with Crippen LogP contribution >= 0.6 is 0 Å². The molecule has 104 valence electrons. The van der Waals surface area contributed by atoms with E-state index in [4.69, 9.17) is 5.73 Å². The fraction of sp³-hybridized carbons (Fsp3) is 0.235. The van der Waals surface area contributed by atoms with Gasteiger partial charge < -0.3 is 5.73 Å². The fourth-order valence-corrected chi connectivity index (χ4v) is 2.18. The molecule has 0 spiro atoms. The highest BCUT2D eigenvalue weighted by Crippen LogP contribution is 2.17. The number of benzene rings is 2. The molecule has 2 nitrogen and oxygen atoms in total. The monoisotopic (exact) mass is 271 g/mol. The largest absolute Gasteiger partial charge is 0.324 e. The second-order valence-electron chi connectivity index (χ2n) is 5.01. The molecule has 0 bridgehead atoms. The number of carbonyl (C=O) groups excluding carboxylic acids is 1. The molecule has 0 amide bonds. The number of nitrogens with two attached hydrogens (primary N) is 1. The van der Waals surface area contributed by atoms with Gasteiger partial charge in [0.15, 0.2) is 0 Å². The van der Waals surface area contributed by atoms with E-state index >= 15 is 0 Å². The minimum Gasteiger partial charge on any atom is -0.324 e. The van der Waals surface area contributed by atoms with Crippen molar-refractivity contribution in [2.24, 2.45) is 5.73 Å². The van der Waals surface area contributed by atoms with Crippen LogP contribution in [0.5, 0.6) is 0 Å². The number of ketones is 1. The molecule has 2 N–H and O–H groups in total. The SMILES string of the molecule is Cc1ccc(F)cc1CC(=O)CC(N)c1ccccc1. The molecule has 2 aromatic carbocycles. The normalized spacial score (nSPS) is 12.2. The molecule has 0 saturated carbocycles. The number of hydrogen-bond donors (Lipinski definition) is 1. The lowest BCUT2D eigenvalue weighted by Crippen LogP contribution is -2.17. The summed E-state index contributed by atoms with van der Waals surface area (Å²) in [4.78, 5) is 12.1. The minimum absolute atomic E-state index is 0.0232. The van der Waals surface area contributed by atoms with E-state index in [-0.39, 0.29) is 30.5 Å². The van der Waals surface area contributed by atoms with Crippen LogP contribution in [0.25, 0.3) is 0 Å². The summed E-state index contributed by atoms with van der Waals surface area (Å²) in [6.07, 6.45) is 0.490. The van der Waals surface area contributed by atoms with Crippen molar-refractivity contribution in [1.82, 2.24) is 0 Å². The maximum Gasteiger partial charge on any atom is 0.139 e. The van der Waals surface area contributed by atoms with Gasteiger partial charge in [0.2, 0.25) is 0 Å². The van der Waals surface area contributed by atoms with E-state index in [0.29, 0.717) is 0 Å². The lowest BCUT2D eigenvalue weighted by molar-refractivity contribution is -0.118. The molecular formula is C17H18FNO. The number of Topliss-reactive ketones (excluding diaryl/α,β-unsaturated/α-hetero) is 1. The predicted octanol–water partition coefficient (Wildman–Crippen LogP) is 3.34. The molecule has 0 aromatic heterocycles. The van der Waals surface area contributed by atoms with Crippen molar-refractivity contribution in [3.63, 3.8) is 0 Å². The van der Waals surface area contributed by atoms with Crippen molar-refractivity contribution >= 4 is 5.78 Å². The first-order chi connectivity index (χ1) is 9.56. The van der Waals surface area contributed by atoms with Crippen LogP contribution in [0.4, 0.5) is 4.39 Å². The molecule has 1 unspecified atom stereocenters. The molecule has 0 aliphatic rings. The van der Waals surface area contributed by atoms with Crippen molar-refractivity contribution in [3.8, 4) is 0 Å². The van der Waals surface area contributed by atoms with Crippen LogP contribution < -0.4 is 5.73 Å². The highest BCUT2D eigenvalue weighted by atomic mass is 19.1. The molecule has 1 atom stereocenters. The summed E-state index contributed by atoms with van der Waals surface area (Å²) in [7, 11) is 0. The quantitative estimate of drug-likeness (QED) is 0.906. The Labute approximate surface area is 118 Å². The van der Waals surface area contributed by atoms with Gasteiger partial charge in [0, 0.05) is 18.9 Å². The molecular weight excluding hydrogens is 253 g/mol. The van der Waals surface area contributed by atoms with E-state index in [1.807, 2.05) is 37.3 Å². The summed E-state index contributed by atoms with van der Waals surface area (Å²) in [6, 6.07) is 13.7. The lowest BCUT2D eigenvalue weighted by Gasteiger charge is -2.12.